The van der Waals surface area contributed by atoms with Gasteiger partial charge in [0, 0.05) is 4.90 Å². The summed E-state index contributed by atoms with van der Waals surface area (Å²) in [5.41, 5.74) is 0.871. The molecule has 5 heteroatoms. The molecule has 0 spiro atoms. The topological polar surface area (TPSA) is 20.2 Å². The van der Waals surface area contributed by atoms with Crippen LogP contribution >= 0.6 is 11.8 Å². The summed E-state index contributed by atoms with van der Waals surface area (Å²) in [5, 5.41) is 10.3. The zero-order valence-electron chi connectivity index (χ0n) is 11.6. The second-order valence-electron chi connectivity index (χ2n) is 4.74. The van der Waals surface area contributed by atoms with Crippen molar-refractivity contribution in [2.75, 3.05) is 6.26 Å². The van der Waals surface area contributed by atoms with Gasteiger partial charge >= 0.3 is 6.18 Å². The maximum atomic E-state index is 12.6. The van der Waals surface area contributed by atoms with Crippen molar-refractivity contribution in [3.05, 3.63) is 64.7 Å². The second-order valence-corrected chi connectivity index (χ2v) is 5.62. The Kier molecular flexibility index (Phi) is 4.64. The van der Waals surface area contributed by atoms with Crippen LogP contribution < -0.4 is 0 Å². The quantitative estimate of drug-likeness (QED) is 0.820. The highest BCUT2D eigenvalue weighted by Gasteiger charge is 2.31. The Bertz CT molecular complexity index is 620. The first-order valence-corrected chi connectivity index (χ1v) is 7.55. The van der Waals surface area contributed by atoms with E-state index in [-0.39, 0.29) is 0 Å². The molecule has 0 aliphatic rings. The van der Waals surface area contributed by atoms with E-state index in [4.69, 9.17) is 0 Å². The van der Waals surface area contributed by atoms with Crippen molar-refractivity contribution in [2.45, 2.75) is 24.1 Å². The number of aliphatic hydroxyl groups is 1. The number of hydrogen-bond acceptors (Lipinski definition) is 2. The summed E-state index contributed by atoms with van der Waals surface area (Å²) in [7, 11) is 0. The number of aryl methyl sites for hydroxylation is 1. The third-order valence-electron chi connectivity index (χ3n) is 3.32. The van der Waals surface area contributed by atoms with Gasteiger partial charge in [-0.25, -0.2) is 0 Å². The number of benzene rings is 2. The molecule has 1 unspecified atom stereocenters. The molecule has 112 valence electrons. The summed E-state index contributed by atoms with van der Waals surface area (Å²) in [4.78, 5) is 1.06. The molecule has 2 aromatic rings. The van der Waals surface area contributed by atoms with Gasteiger partial charge in [0.1, 0.15) is 6.10 Å². The van der Waals surface area contributed by atoms with Gasteiger partial charge in [0.15, 0.2) is 0 Å². The minimum atomic E-state index is -4.37. The molecular formula is C16H15F3OS. The van der Waals surface area contributed by atoms with E-state index in [2.05, 4.69) is 0 Å². The summed E-state index contributed by atoms with van der Waals surface area (Å²) in [5.74, 6) is 0. The summed E-state index contributed by atoms with van der Waals surface area (Å²) in [6, 6.07) is 10.7. The number of alkyl halides is 3. The third kappa shape index (κ3) is 3.60. The number of halogens is 3. The highest BCUT2D eigenvalue weighted by molar-refractivity contribution is 7.98. The molecule has 1 N–H and O–H groups in total. The Hall–Kier alpha value is -1.46. The van der Waals surface area contributed by atoms with Crippen molar-refractivity contribution in [3.63, 3.8) is 0 Å². The van der Waals surface area contributed by atoms with Crippen molar-refractivity contribution in [1.82, 2.24) is 0 Å². The number of hydrogen-bond donors (Lipinski definition) is 1. The van der Waals surface area contributed by atoms with E-state index in [1.165, 1.54) is 6.07 Å². The normalized spacial score (nSPS) is 13.2. The summed E-state index contributed by atoms with van der Waals surface area (Å²) >= 11 is 1.59. The first kappa shape index (κ1) is 15.9. The van der Waals surface area contributed by atoms with E-state index < -0.39 is 17.8 Å². The van der Waals surface area contributed by atoms with Crippen LogP contribution in [0.5, 0.6) is 0 Å². The van der Waals surface area contributed by atoms with Gasteiger partial charge in [-0.3, -0.25) is 0 Å². The van der Waals surface area contributed by atoms with Gasteiger partial charge in [0.25, 0.3) is 0 Å². The van der Waals surface area contributed by atoms with E-state index in [9.17, 15) is 18.3 Å². The van der Waals surface area contributed by atoms with E-state index in [0.29, 0.717) is 16.7 Å². The Balaban J connectivity index is 2.32. The minimum Gasteiger partial charge on any atom is -0.384 e. The van der Waals surface area contributed by atoms with Crippen LogP contribution in [0.2, 0.25) is 0 Å². The molecule has 0 bridgehead atoms. The fourth-order valence-corrected chi connectivity index (χ4v) is 2.53. The maximum Gasteiger partial charge on any atom is 0.416 e. The van der Waals surface area contributed by atoms with Crippen molar-refractivity contribution in [3.8, 4) is 0 Å². The Morgan fingerprint density at radius 2 is 1.67 bits per heavy atom. The molecule has 2 rings (SSSR count). The van der Waals surface area contributed by atoms with Crippen molar-refractivity contribution in [2.24, 2.45) is 0 Å². The van der Waals surface area contributed by atoms with Crippen LogP contribution in [0.25, 0.3) is 0 Å². The smallest absolute Gasteiger partial charge is 0.384 e. The first-order chi connectivity index (χ1) is 9.82. The molecule has 0 radical (unpaired) electrons. The molecular weight excluding hydrogens is 297 g/mol. The lowest BCUT2D eigenvalue weighted by atomic mass is 9.96. The maximum absolute atomic E-state index is 12.6. The summed E-state index contributed by atoms with van der Waals surface area (Å²) in [6.07, 6.45) is -3.34. The Morgan fingerprint density at radius 3 is 2.14 bits per heavy atom. The minimum absolute atomic E-state index is 0.422. The molecule has 21 heavy (non-hydrogen) atoms. The van der Waals surface area contributed by atoms with Crippen LogP contribution in [0.15, 0.2) is 47.4 Å². The monoisotopic (exact) mass is 312 g/mol. The predicted molar refractivity (Wildman–Crippen MR) is 78.5 cm³/mol. The van der Waals surface area contributed by atoms with Crippen molar-refractivity contribution in [1.29, 1.82) is 0 Å². The van der Waals surface area contributed by atoms with Crippen molar-refractivity contribution < 1.29 is 18.3 Å². The van der Waals surface area contributed by atoms with Gasteiger partial charge < -0.3 is 5.11 Å². The zero-order chi connectivity index (χ0) is 15.6. The molecule has 2 aromatic carbocycles. The van der Waals surface area contributed by atoms with Crippen LogP contribution in [0, 0.1) is 6.92 Å². The second kappa shape index (κ2) is 6.12. The average molecular weight is 312 g/mol. The van der Waals surface area contributed by atoms with Gasteiger partial charge in [0.05, 0.1) is 5.56 Å². The van der Waals surface area contributed by atoms with E-state index in [1.54, 1.807) is 30.8 Å². The van der Waals surface area contributed by atoms with Crippen LogP contribution in [0.4, 0.5) is 13.2 Å². The lowest BCUT2D eigenvalue weighted by Crippen LogP contribution is -2.08. The lowest BCUT2D eigenvalue weighted by Gasteiger charge is -2.16. The largest absolute Gasteiger partial charge is 0.416 e. The van der Waals surface area contributed by atoms with Crippen LogP contribution in [0.3, 0.4) is 0 Å². The Morgan fingerprint density at radius 1 is 1.05 bits per heavy atom. The number of aliphatic hydroxyl groups excluding tert-OH is 1. The average Bonchev–Trinajstić information content (AvgIpc) is 2.45. The molecule has 0 fully saturated rings. The molecule has 0 saturated heterocycles. The molecule has 0 aromatic heterocycles. The van der Waals surface area contributed by atoms with E-state index >= 15 is 0 Å². The Labute approximate surface area is 125 Å². The summed E-state index contributed by atoms with van der Waals surface area (Å²) in [6.45, 7) is 1.57. The fourth-order valence-electron chi connectivity index (χ4n) is 2.12. The molecule has 0 heterocycles. The summed E-state index contributed by atoms with van der Waals surface area (Å²) < 4.78 is 37.9. The zero-order valence-corrected chi connectivity index (χ0v) is 12.4. The van der Waals surface area contributed by atoms with Gasteiger partial charge in [0.2, 0.25) is 0 Å². The van der Waals surface area contributed by atoms with Gasteiger partial charge in [-0.1, -0.05) is 18.2 Å². The number of rotatable bonds is 3. The van der Waals surface area contributed by atoms with Gasteiger partial charge in [-0.2, -0.15) is 13.2 Å². The molecule has 0 amide bonds. The van der Waals surface area contributed by atoms with E-state index in [1.807, 2.05) is 18.4 Å². The van der Waals surface area contributed by atoms with Gasteiger partial charge in [-0.15, -0.1) is 11.8 Å². The van der Waals surface area contributed by atoms with Crippen LogP contribution in [-0.2, 0) is 6.18 Å². The van der Waals surface area contributed by atoms with Crippen molar-refractivity contribution >= 4 is 11.8 Å². The fraction of sp³-hybridized carbons (Fsp3) is 0.250. The molecule has 1 nitrogen and oxygen atoms in total. The molecule has 1 atom stereocenters. The third-order valence-corrected chi connectivity index (χ3v) is 4.07. The number of thioether (sulfide) groups is 1. The molecule has 0 saturated carbocycles. The van der Waals surface area contributed by atoms with Crippen LogP contribution in [-0.4, -0.2) is 11.4 Å². The molecule has 0 aliphatic heterocycles. The highest BCUT2D eigenvalue weighted by Crippen LogP contribution is 2.33. The molecule has 0 aliphatic carbocycles. The van der Waals surface area contributed by atoms with Gasteiger partial charge in [-0.05, 0) is 54.1 Å². The van der Waals surface area contributed by atoms with E-state index in [0.717, 1.165) is 17.0 Å². The standard InChI is InChI=1S/C16H15F3OS/c1-10-9-12(16(17,18)19)5-8-14(10)15(20)11-3-6-13(21-2)7-4-11/h3-9,15,20H,1-2H3. The lowest BCUT2D eigenvalue weighted by molar-refractivity contribution is -0.137. The highest BCUT2D eigenvalue weighted by atomic mass is 32.2. The SMILES string of the molecule is CSc1ccc(C(O)c2ccc(C(F)(F)F)cc2C)cc1. The van der Waals surface area contributed by atoms with Crippen LogP contribution in [0.1, 0.15) is 28.4 Å². The predicted octanol–water partition coefficient (Wildman–Crippen LogP) is 4.82. The first-order valence-electron chi connectivity index (χ1n) is 6.32.